The third-order valence-electron chi connectivity index (χ3n) is 3.31. The molecule has 0 aliphatic heterocycles. The molecule has 0 aromatic carbocycles. The summed E-state index contributed by atoms with van der Waals surface area (Å²) in [6.07, 6.45) is 3.59. The number of carbonyl (C=O) groups excluding carboxylic acids is 2. The predicted molar refractivity (Wildman–Crippen MR) is 70.5 cm³/mol. The molecule has 0 atom stereocenters. The van der Waals surface area contributed by atoms with Crippen LogP contribution < -0.4 is 0 Å². The molecule has 1 fully saturated rings. The molecule has 0 heterocycles. The lowest BCUT2D eigenvalue weighted by Crippen LogP contribution is -2.46. The second-order valence-corrected chi connectivity index (χ2v) is 6.10. The second-order valence-electron chi connectivity index (χ2n) is 6.10. The molecule has 4 nitrogen and oxygen atoms in total. The molecule has 0 unspecified atom stereocenters. The molecule has 0 aromatic heterocycles. The van der Waals surface area contributed by atoms with Gasteiger partial charge in [-0.15, -0.1) is 0 Å². The number of Topliss-reactive ketones (excluding diaryl/α,β-unsaturated/α-hetero) is 1. The molecule has 0 saturated heterocycles. The third-order valence-corrected chi connectivity index (χ3v) is 3.31. The Bertz CT molecular complexity index is 326. The van der Waals surface area contributed by atoms with Crippen LogP contribution in [0.5, 0.6) is 0 Å². The average molecular weight is 255 g/mol. The van der Waals surface area contributed by atoms with Crippen LogP contribution in [-0.4, -0.2) is 35.0 Å². The minimum absolute atomic E-state index is 0.178. The van der Waals surface area contributed by atoms with E-state index in [0.717, 1.165) is 25.7 Å². The van der Waals surface area contributed by atoms with Crippen molar-refractivity contribution in [1.82, 2.24) is 4.90 Å². The van der Waals surface area contributed by atoms with Gasteiger partial charge in [-0.25, -0.2) is 4.79 Å². The zero-order chi connectivity index (χ0) is 14.0. The van der Waals surface area contributed by atoms with E-state index in [1.807, 2.05) is 20.8 Å². The van der Waals surface area contributed by atoms with Crippen LogP contribution in [0.1, 0.15) is 59.8 Å². The van der Waals surface area contributed by atoms with Crippen LogP contribution in [0.4, 0.5) is 4.79 Å². The van der Waals surface area contributed by atoms with Crippen molar-refractivity contribution in [3.05, 3.63) is 0 Å². The number of unbranched alkanes of at least 4 members (excludes halogenated alkanes) is 1. The fraction of sp³-hybridized carbons (Fsp3) is 0.857. The summed E-state index contributed by atoms with van der Waals surface area (Å²) in [7, 11) is 1.67. The van der Waals surface area contributed by atoms with E-state index in [1.165, 1.54) is 4.90 Å². The topological polar surface area (TPSA) is 46.6 Å². The molecule has 0 bridgehead atoms. The van der Waals surface area contributed by atoms with Crippen molar-refractivity contribution in [3.63, 3.8) is 0 Å². The van der Waals surface area contributed by atoms with E-state index < -0.39 is 17.2 Å². The molecular formula is C14H25NO3. The van der Waals surface area contributed by atoms with Crippen LogP contribution in [-0.2, 0) is 9.53 Å². The van der Waals surface area contributed by atoms with Gasteiger partial charge in [0.2, 0.25) is 0 Å². The number of likely N-dealkylation sites (N-methyl/N-ethyl adjacent to an activating group) is 1. The van der Waals surface area contributed by atoms with Gasteiger partial charge in [-0.05, 0) is 40.0 Å². The normalized spacial score (nSPS) is 17.2. The zero-order valence-electron chi connectivity index (χ0n) is 12.2. The molecule has 0 spiro atoms. The average Bonchev–Trinajstić information content (AvgIpc) is 3.03. The monoisotopic (exact) mass is 255 g/mol. The highest BCUT2D eigenvalue weighted by molar-refractivity contribution is 5.94. The van der Waals surface area contributed by atoms with E-state index in [1.54, 1.807) is 7.05 Å². The van der Waals surface area contributed by atoms with E-state index >= 15 is 0 Å². The highest BCUT2D eigenvalue weighted by Gasteiger charge is 2.54. The summed E-state index contributed by atoms with van der Waals surface area (Å²) in [5, 5.41) is 0. The fourth-order valence-electron chi connectivity index (χ4n) is 1.99. The van der Waals surface area contributed by atoms with E-state index in [-0.39, 0.29) is 5.78 Å². The first-order valence-corrected chi connectivity index (χ1v) is 6.73. The first-order valence-electron chi connectivity index (χ1n) is 6.73. The number of ketones is 1. The van der Waals surface area contributed by atoms with Crippen molar-refractivity contribution < 1.29 is 14.3 Å². The van der Waals surface area contributed by atoms with E-state index in [2.05, 4.69) is 6.92 Å². The number of ether oxygens (including phenoxy) is 1. The number of hydrogen-bond donors (Lipinski definition) is 0. The molecule has 4 heteroatoms. The molecule has 1 rings (SSSR count). The summed E-state index contributed by atoms with van der Waals surface area (Å²) in [4.78, 5) is 25.6. The van der Waals surface area contributed by atoms with Crippen LogP contribution in [0.25, 0.3) is 0 Å². The van der Waals surface area contributed by atoms with E-state index in [0.29, 0.717) is 6.42 Å². The Morgan fingerprint density at radius 3 is 2.22 bits per heavy atom. The smallest absolute Gasteiger partial charge is 0.410 e. The van der Waals surface area contributed by atoms with Crippen LogP contribution in [0.15, 0.2) is 0 Å². The first kappa shape index (κ1) is 15.0. The summed E-state index contributed by atoms with van der Waals surface area (Å²) in [6.45, 7) is 7.55. The van der Waals surface area contributed by atoms with E-state index in [9.17, 15) is 9.59 Å². The Morgan fingerprint density at radius 2 is 1.83 bits per heavy atom. The van der Waals surface area contributed by atoms with E-state index in [4.69, 9.17) is 4.74 Å². The Balaban J connectivity index is 2.62. The van der Waals surface area contributed by atoms with Crippen molar-refractivity contribution in [2.75, 3.05) is 7.05 Å². The Kier molecular flexibility index (Phi) is 4.41. The summed E-state index contributed by atoms with van der Waals surface area (Å²) in [5.74, 6) is 0.178. The van der Waals surface area contributed by atoms with Gasteiger partial charge >= 0.3 is 6.09 Å². The largest absolute Gasteiger partial charge is 0.444 e. The van der Waals surface area contributed by atoms with Gasteiger partial charge in [0.25, 0.3) is 0 Å². The van der Waals surface area contributed by atoms with Crippen molar-refractivity contribution in [3.8, 4) is 0 Å². The van der Waals surface area contributed by atoms with Gasteiger partial charge in [0.15, 0.2) is 5.78 Å². The molecule has 104 valence electrons. The molecule has 0 N–H and O–H groups in total. The van der Waals surface area contributed by atoms with Crippen LogP contribution in [0, 0.1) is 0 Å². The van der Waals surface area contributed by atoms with Gasteiger partial charge in [-0.3, -0.25) is 9.69 Å². The Labute approximate surface area is 110 Å². The van der Waals surface area contributed by atoms with Crippen molar-refractivity contribution in [2.24, 2.45) is 0 Å². The fourth-order valence-corrected chi connectivity index (χ4v) is 1.99. The van der Waals surface area contributed by atoms with Gasteiger partial charge in [0.05, 0.1) is 0 Å². The molecule has 0 radical (unpaired) electrons. The lowest BCUT2D eigenvalue weighted by Gasteiger charge is -2.30. The minimum Gasteiger partial charge on any atom is -0.444 e. The summed E-state index contributed by atoms with van der Waals surface area (Å²) in [5.41, 5.74) is -1.09. The third kappa shape index (κ3) is 3.47. The van der Waals surface area contributed by atoms with Crippen LogP contribution >= 0.6 is 0 Å². The van der Waals surface area contributed by atoms with Crippen molar-refractivity contribution in [1.29, 1.82) is 0 Å². The summed E-state index contributed by atoms with van der Waals surface area (Å²) < 4.78 is 5.32. The molecular weight excluding hydrogens is 230 g/mol. The maximum atomic E-state index is 12.1. The maximum Gasteiger partial charge on any atom is 0.410 e. The van der Waals surface area contributed by atoms with Gasteiger partial charge in [0.1, 0.15) is 11.1 Å². The highest BCUT2D eigenvalue weighted by atomic mass is 16.6. The number of nitrogens with zero attached hydrogens (tertiary/aromatic N) is 1. The number of carbonyl (C=O) groups is 2. The summed E-state index contributed by atoms with van der Waals surface area (Å²) >= 11 is 0. The van der Waals surface area contributed by atoms with Gasteiger partial charge in [-0.2, -0.15) is 0 Å². The molecule has 0 aromatic rings. The quantitative estimate of drug-likeness (QED) is 0.758. The molecule has 1 saturated carbocycles. The zero-order valence-corrected chi connectivity index (χ0v) is 12.2. The van der Waals surface area contributed by atoms with Crippen molar-refractivity contribution >= 4 is 11.9 Å². The van der Waals surface area contributed by atoms with Gasteiger partial charge in [0, 0.05) is 13.5 Å². The Hall–Kier alpha value is -1.06. The number of amides is 1. The second kappa shape index (κ2) is 5.29. The first-order chi connectivity index (χ1) is 8.23. The van der Waals surface area contributed by atoms with Crippen LogP contribution in [0.3, 0.4) is 0 Å². The highest BCUT2D eigenvalue weighted by Crippen LogP contribution is 2.43. The molecule has 1 aliphatic rings. The molecule has 18 heavy (non-hydrogen) atoms. The summed E-state index contributed by atoms with van der Waals surface area (Å²) in [6, 6.07) is 0. The maximum absolute atomic E-state index is 12.1. The standard InChI is InChI=1S/C14H25NO3/c1-6-7-8-11(16)14(9-10-14)15(5)12(17)18-13(2,3)4/h6-10H2,1-5H3. The molecule has 1 amide bonds. The number of rotatable bonds is 5. The van der Waals surface area contributed by atoms with Gasteiger partial charge in [-0.1, -0.05) is 13.3 Å². The van der Waals surface area contributed by atoms with Crippen molar-refractivity contribution in [2.45, 2.75) is 70.9 Å². The lowest BCUT2D eigenvalue weighted by atomic mass is 10.0. The van der Waals surface area contributed by atoms with Crippen LogP contribution in [0.2, 0.25) is 0 Å². The minimum atomic E-state index is -0.572. The number of hydrogen-bond acceptors (Lipinski definition) is 3. The van der Waals surface area contributed by atoms with Gasteiger partial charge < -0.3 is 4.74 Å². The SMILES string of the molecule is CCCCC(=O)C1(N(C)C(=O)OC(C)(C)C)CC1. The lowest BCUT2D eigenvalue weighted by molar-refractivity contribution is -0.125. The Morgan fingerprint density at radius 1 is 1.28 bits per heavy atom. The molecule has 1 aliphatic carbocycles. The predicted octanol–water partition coefficient (Wildman–Crippen LogP) is 3.15.